The minimum atomic E-state index is 0.591. The molecule has 0 fully saturated rings. The van der Waals surface area contributed by atoms with Crippen LogP contribution >= 0.6 is 0 Å². The van der Waals surface area contributed by atoms with Crippen molar-refractivity contribution in [3.63, 3.8) is 0 Å². The first-order chi connectivity index (χ1) is 13.8. The standard InChI is InChI=1S/C28H38N/c1-9-21-15-22(10-2)20(7)26(16-21)28-25-12-11-24(27(18(3)4)19(5)6)17-23(25)13-14-29(28)8/h11-19,27H,9-10H2,1-8H3/q+1. The Morgan fingerprint density at radius 2 is 1.55 bits per heavy atom. The summed E-state index contributed by atoms with van der Waals surface area (Å²) in [5.74, 6) is 1.87. The third kappa shape index (κ3) is 4.10. The molecule has 3 rings (SSSR count). The van der Waals surface area contributed by atoms with E-state index in [1.54, 1.807) is 0 Å². The fraction of sp³-hybridized carbons (Fsp3) is 0.464. The minimum Gasteiger partial charge on any atom is -0.200 e. The van der Waals surface area contributed by atoms with Crippen molar-refractivity contribution in [2.45, 2.75) is 67.2 Å². The fourth-order valence-corrected chi connectivity index (χ4v) is 5.13. The van der Waals surface area contributed by atoms with Gasteiger partial charge in [-0.1, -0.05) is 59.7 Å². The van der Waals surface area contributed by atoms with E-state index in [9.17, 15) is 0 Å². The van der Waals surface area contributed by atoms with Gasteiger partial charge in [-0.2, -0.15) is 0 Å². The summed E-state index contributed by atoms with van der Waals surface area (Å²) >= 11 is 0. The topological polar surface area (TPSA) is 3.88 Å². The molecule has 29 heavy (non-hydrogen) atoms. The van der Waals surface area contributed by atoms with Crippen molar-refractivity contribution in [3.8, 4) is 11.3 Å². The zero-order valence-corrected chi connectivity index (χ0v) is 19.6. The molecular formula is C28H38N+. The van der Waals surface area contributed by atoms with Gasteiger partial charge < -0.3 is 0 Å². The molecule has 0 saturated heterocycles. The van der Waals surface area contributed by atoms with Crippen LogP contribution in [-0.4, -0.2) is 0 Å². The maximum absolute atomic E-state index is 2.43. The van der Waals surface area contributed by atoms with E-state index < -0.39 is 0 Å². The number of hydrogen-bond acceptors (Lipinski definition) is 0. The van der Waals surface area contributed by atoms with Crippen molar-refractivity contribution in [2.24, 2.45) is 18.9 Å². The van der Waals surface area contributed by atoms with Crippen LogP contribution in [0, 0.1) is 18.8 Å². The fourth-order valence-electron chi connectivity index (χ4n) is 5.13. The van der Waals surface area contributed by atoms with Gasteiger partial charge in [-0.3, -0.25) is 0 Å². The van der Waals surface area contributed by atoms with Crippen LogP contribution in [0.4, 0.5) is 0 Å². The summed E-state index contributed by atoms with van der Waals surface area (Å²) < 4.78 is 2.30. The van der Waals surface area contributed by atoms with Crippen LogP contribution in [-0.2, 0) is 19.9 Å². The second kappa shape index (κ2) is 8.69. The molecule has 0 N–H and O–H groups in total. The Kier molecular flexibility index (Phi) is 6.46. The molecule has 1 nitrogen and oxygen atoms in total. The minimum absolute atomic E-state index is 0.591. The van der Waals surface area contributed by atoms with Crippen LogP contribution in [0.3, 0.4) is 0 Å². The maximum atomic E-state index is 2.43. The highest BCUT2D eigenvalue weighted by Gasteiger charge is 2.23. The van der Waals surface area contributed by atoms with E-state index >= 15 is 0 Å². The molecule has 0 saturated carbocycles. The number of hydrogen-bond donors (Lipinski definition) is 0. The second-order valence-electron chi connectivity index (χ2n) is 9.27. The largest absolute Gasteiger partial charge is 0.220 e. The van der Waals surface area contributed by atoms with Crippen molar-refractivity contribution in [1.29, 1.82) is 0 Å². The Balaban J connectivity index is 2.26. The zero-order chi connectivity index (χ0) is 21.3. The van der Waals surface area contributed by atoms with E-state index in [-0.39, 0.29) is 0 Å². The van der Waals surface area contributed by atoms with E-state index in [0.29, 0.717) is 17.8 Å². The van der Waals surface area contributed by atoms with Crippen molar-refractivity contribution < 1.29 is 4.57 Å². The maximum Gasteiger partial charge on any atom is 0.220 e. The molecule has 1 aromatic heterocycles. The average molecular weight is 389 g/mol. The van der Waals surface area contributed by atoms with Crippen LogP contribution in [0.2, 0.25) is 0 Å². The monoisotopic (exact) mass is 388 g/mol. The summed E-state index contributed by atoms with van der Waals surface area (Å²) in [6.45, 7) is 16.2. The Labute approximate surface area is 177 Å². The van der Waals surface area contributed by atoms with Crippen LogP contribution in [0.25, 0.3) is 22.0 Å². The summed E-state index contributed by atoms with van der Waals surface area (Å²) in [6, 6.07) is 14.2. The lowest BCUT2D eigenvalue weighted by Crippen LogP contribution is -2.31. The van der Waals surface area contributed by atoms with Gasteiger partial charge in [0.25, 0.3) is 0 Å². The molecule has 0 radical (unpaired) electrons. The number of nitrogens with zero attached hydrogens (tertiary/aromatic N) is 1. The highest BCUT2D eigenvalue weighted by molar-refractivity contribution is 5.94. The first-order valence-electron chi connectivity index (χ1n) is 11.3. The Bertz CT molecular complexity index is 1000. The molecule has 0 aliphatic carbocycles. The molecule has 0 aliphatic heterocycles. The molecule has 0 aliphatic rings. The van der Waals surface area contributed by atoms with Crippen LogP contribution in [0.5, 0.6) is 0 Å². The van der Waals surface area contributed by atoms with Gasteiger partial charge in [-0.05, 0) is 77.3 Å². The lowest BCUT2D eigenvalue weighted by atomic mass is 9.79. The number of aryl methyl sites for hydroxylation is 3. The first kappa shape index (κ1) is 21.6. The molecule has 1 heteroatoms. The smallest absolute Gasteiger partial charge is 0.200 e. The van der Waals surface area contributed by atoms with Crippen LogP contribution in [0.1, 0.15) is 69.7 Å². The summed E-state index contributed by atoms with van der Waals surface area (Å²) in [4.78, 5) is 0. The number of fused-ring (bicyclic) bond motifs is 1. The summed E-state index contributed by atoms with van der Waals surface area (Å²) in [5, 5.41) is 2.70. The number of rotatable bonds is 6. The molecule has 0 spiro atoms. The summed E-state index contributed by atoms with van der Waals surface area (Å²) in [7, 11) is 2.18. The second-order valence-corrected chi connectivity index (χ2v) is 9.27. The van der Waals surface area contributed by atoms with Gasteiger partial charge in [0.1, 0.15) is 7.05 Å². The molecule has 0 unspecified atom stereocenters. The molecule has 0 bridgehead atoms. The van der Waals surface area contributed by atoms with Crippen LogP contribution < -0.4 is 4.57 Å². The lowest BCUT2D eigenvalue weighted by Gasteiger charge is -2.25. The zero-order valence-electron chi connectivity index (χ0n) is 19.6. The SMILES string of the molecule is CCc1cc(CC)c(C)c(-c2c3ccc(C(C(C)C)C(C)C)cc3cc[n+]2C)c1. The van der Waals surface area contributed by atoms with E-state index in [1.807, 2.05) is 0 Å². The predicted molar refractivity (Wildman–Crippen MR) is 126 cm³/mol. The highest BCUT2D eigenvalue weighted by Crippen LogP contribution is 2.36. The predicted octanol–water partition coefficient (Wildman–Crippen LogP) is 7.16. The molecule has 0 amide bonds. The van der Waals surface area contributed by atoms with E-state index in [1.165, 1.54) is 44.3 Å². The van der Waals surface area contributed by atoms with Gasteiger partial charge in [0.2, 0.25) is 5.69 Å². The van der Waals surface area contributed by atoms with Crippen molar-refractivity contribution in [2.75, 3.05) is 0 Å². The summed E-state index contributed by atoms with van der Waals surface area (Å²) in [6.07, 6.45) is 4.38. The molecule has 154 valence electrons. The quantitative estimate of drug-likeness (QED) is 0.394. The van der Waals surface area contributed by atoms with Crippen molar-refractivity contribution >= 4 is 10.8 Å². The van der Waals surface area contributed by atoms with Gasteiger partial charge in [-0.25, -0.2) is 4.57 Å². The van der Waals surface area contributed by atoms with E-state index in [4.69, 9.17) is 0 Å². The van der Waals surface area contributed by atoms with Gasteiger partial charge in [0, 0.05) is 6.07 Å². The summed E-state index contributed by atoms with van der Waals surface area (Å²) in [5.41, 5.74) is 8.49. The Hall–Kier alpha value is -2.15. The van der Waals surface area contributed by atoms with Gasteiger partial charge in [0.05, 0.1) is 10.9 Å². The molecule has 0 atom stereocenters. The Morgan fingerprint density at radius 3 is 2.14 bits per heavy atom. The molecule has 2 aromatic carbocycles. The normalized spacial score (nSPS) is 12.0. The molecule has 3 aromatic rings. The third-order valence-electron chi connectivity index (χ3n) is 6.60. The van der Waals surface area contributed by atoms with Crippen LogP contribution in [0.15, 0.2) is 42.6 Å². The molecular weight excluding hydrogens is 350 g/mol. The number of benzene rings is 2. The lowest BCUT2D eigenvalue weighted by molar-refractivity contribution is -0.659. The third-order valence-corrected chi connectivity index (χ3v) is 6.60. The van der Waals surface area contributed by atoms with Gasteiger partial charge >= 0.3 is 0 Å². The van der Waals surface area contributed by atoms with E-state index in [2.05, 4.69) is 103 Å². The number of pyridine rings is 1. The Morgan fingerprint density at radius 1 is 0.862 bits per heavy atom. The van der Waals surface area contributed by atoms with Gasteiger partial charge in [-0.15, -0.1) is 0 Å². The number of aromatic nitrogens is 1. The average Bonchev–Trinajstić information content (AvgIpc) is 2.68. The van der Waals surface area contributed by atoms with E-state index in [0.717, 1.165) is 12.8 Å². The van der Waals surface area contributed by atoms with Crippen molar-refractivity contribution in [3.05, 3.63) is 64.8 Å². The van der Waals surface area contributed by atoms with Gasteiger partial charge in [0.15, 0.2) is 6.20 Å². The van der Waals surface area contributed by atoms with Crippen molar-refractivity contribution in [1.82, 2.24) is 0 Å². The molecule has 1 heterocycles. The first-order valence-corrected chi connectivity index (χ1v) is 11.3. The highest BCUT2D eigenvalue weighted by atomic mass is 14.9.